The summed E-state index contributed by atoms with van der Waals surface area (Å²) in [5.41, 5.74) is 0. The largest absolute Gasteiger partial charge is 0.460 e. The molecule has 0 amide bonds. The van der Waals surface area contributed by atoms with Gasteiger partial charge in [-0.05, 0) is 0 Å². The van der Waals surface area contributed by atoms with Crippen LogP contribution in [0.1, 0.15) is 0 Å². The quantitative estimate of drug-likeness (QED) is 0.406. The Morgan fingerprint density at radius 3 is 2.21 bits per heavy atom. The molecule has 0 saturated carbocycles. The molecule has 1 atom stereocenters. The summed E-state index contributed by atoms with van der Waals surface area (Å²) < 4.78 is 56.1. The van der Waals surface area contributed by atoms with E-state index in [1.807, 2.05) is 0 Å². The van der Waals surface area contributed by atoms with E-state index in [9.17, 15) is 22.4 Å². The molecule has 0 rings (SSSR count). The van der Waals surface area contributed by atoms with Crippen LogP contribution in [-0.2, 0) is 14.3 Å². The molecule has 14 heavy (non-hydrogen) atoms. The lowest BCUT2D eigenvalue weighted by molar-refractivity contribution is -0.316. The van der Waals surface area contributed by atoms with Crippen molar-refractivity contribution in [2.75, 3.05) is 13.7 Å². The van der Waals surface area contributed by atoms with Gasteiger partial charge in [0, 0.05) is 7.11 Å². The van der Waals surface area contributed by atoms with E-state index in [1.165, 1.54) is 0 Å². The molecular formula is C7H8F4O3. The highest BCUT2D eigenvalue weighted by Crippen LogP contribution is 2.35. The molecule has 0 aliphatic rings. The van der Waals surface area contributed by atoms with Gasteiger partial charge in [0.05, 0.1) is 0 Å². The van der Waals surface area contributed by atoms with Crippen molar-refractivity contribution in [3.63, 3.8) is 0 Å². The molecule has 0 saturated heterocycles. The van der Waals surface area contributed by atoms with Gasteiger partial charge in [0.15, 0.2) is 0 Å². The standard InChI is InChI=1S/C7H8F4O3/c1-3-4-14-5(12)6(8,13-2)7(9,10)11/h3H,1,4H2,2H3. The van der Waals surface area contributed by atoms with Crippen molar-refractivity contribution in [1.29, 1.82) is 0 Å². The first-order valence-electron chi connectivity index (χ1n) is 3.38. The molecule has 0 aromatic heterocycles. The monoisotopic (exact) mass is 216 g/mol. The number of halogens is 4. The lowest BCUT2D eigenvalue weighted by Crippen LogP contribution is -2.50. The number of ether oxygens (including phenoxy) is 2. The maximum atomic E-state index is 12.9. The van der Waals surface area contributed by atoms with E-state index in [0.29, 0.717) is 7.11 Å². The van der Waals surface area contributed by atoms with Crippen LogP contribution in [0.3, 0.4) is 0 Å². The minimum atomic E-state index is -5.47. The first-order valence-corrected chi connectivity index (χ1v) is 3.38. The predicted molar refractivity (Wildman–Crippen MR) is 38.1 cm³/mol. The van der Waals surface area contributed by atoms with Crippen molar-refractivity contribution in [3.8, 4) is 0 Å². The van der Waals surface area contributed by atoms with Gasteiger partial charge in [0.2, 0.25) is 0 Å². The molecule has 0 aromatic rings. The minimum absolute atomic E-state index is 0.419. The summed E-state index contributed by atoms with van der Waals surface area (Å²) in [6.07, 6.45) is -4.47. The molecule has 0 heterocycles. The van der Waals surface area contributed by atoms with Gasteiger partial charge in [-0.3, -0.25) is 0 Å². The van der Waals surface area contributed by atoms with E-state index in [4.69, 9.17) is 0 Å². The Kier molecular flexibility index (Phi) is 4.06. The fraction of sp³-hybridized carbons (Fsp3) is 0.571. The lowest BCUT2D eigenvalue weighted by Gasteiger charge is -2.23. The molecule has 82 valence electrons. The maximum Gasteiger partial charge on any atom is 0.460 e. The number of hydrogen-bond acceptors (Lipinski definition) is 3. The van der Waals surface area contributed by atoms with Crippen LogP contribution in [0.25, 0.3) is 0 Å². The maximum absolute atomic E-state index is 12.9. The van der Waals surface area contributed by atoms with Gasteiger partial charge in [-0.15, -0.1) is 0 Å². The van der Waals surface area contributed by atoms with Crippen molar-refractivity contribution in [2.24, 2.45) is 0 Å². The van der Waals surface area contributed by atoms with E-state index in [0.717, 1.165) is 6.08 Å². The van der Waals surface area contributed by atoms with Gasteiger partial charge in [-0.1, -0.05) is 12.7 Å². The molecular weight excluding hydrogens is 208 g/mol. The topological polar surface area (TPSA) is 35.5 Å². The fourth-order valence-corrected chi connectivity index (χ4v) is 0.542. The van der Waals surface area contributed by atoms with Crippen molar-refractivity contribution >= 4 is 5.97 Å². The first kappa shape index (κ1) is 12.9. The molecule has 0 fully saturated rings. The summed E-state index contributed by atoms with van der Waals surface area (Å²) in [4.78, 5) is 10.6. The fourth-order valence-electron chi connectivity index (χ4n) is 0.542. The summed E-state index contributed by atoms with van der Waals surface area (Å²) >= 11 is 0. The van der Waals surface area contributed by atoms with E-state index in [2.05, 4.69) is 16.1 Å². The molecule has 0 aliphatic heterocycles. The molecule has 0 bridgehead atoms. The average Bonchev–Trinajstić information content (AvgIpc) is 2.10. The van der Waals surface area contributed by atoms with Crippen molar-refractivity contribution in [1.82, 2.24) is 0 Å². The first-order chi connectivity index (χ1) is 6.29. The number of carbonyl (C=O) groups is 1. The Hall–Kier alpha value is -1.11. The summed E-state index contributed by atoms with van der Waals surface area (Å²) in [6.45, 7) is 2.56. The number of rotatable bonds is 4. The van der Waals surface area contributed by atoms with Gasteiger partial charge in [-0.25, -0.2) is 4.79 Å². The molecule has 7 heteroatoms. The highest BCUT2D eigenvalue weighted by atomic mass is 19.4. The van der Waals surface area contributed by atoms with Gasteiger partial charge < -0.3 is 9.47 Å². The second-order valence-corrected chi connectivity index (χ2v) is 2.18. The third-order valence-electron chi connectivity index (χ3n) is 1.24. The van der Waals surface area contributed by atoms with Crippen LogP contribution >= 0.6 is 0 Å². The van der Waals surface area contributed by atoms with Crippen LogP contribution in [0.2, 0.25) is 0 Å². The molecule has 3 nitrogen and oxygen atoms in total. The summed E-state index contributed by atoms with van der Waals surface area (Å²) in [7, 11) is 0.419. The zero-order chi connectivity index (χ0) is 11.4. The van der Waals surface area contributed by atoms with E-state index in [-0.39, 0.29) is 0 Å². The molecule has 0 N–H and O–H groups in total. The predicted octanol–water partition coefficient (Wildman–Crippen LogP) is 1.59. The molecule has 0 aromatic carbocycles. The van der Waals surface area contributed by atoms with Crippen molar-refractivity contribution < 1.29 is 31.8 Å². The average molecular weight is 216 g/mol. The van der Waals surface area contributed by atoms with Crippen LogP contribution in [0.4, 0.5) is 17.6 Å². The SMILES string of the molecule is C=CCOC(=O)C(F)(OC)C(F)(F)F. The Morgan fingerprint density at radius 2 is 1.93 bits per heavy atom. The number of alkyl halides is 4. The Labute approximate surface area is 77.3 Å². The van der Waals surface area contributed by atoms with Gasteiger partial charge in [0.25, 0.3) is 0 Å². The molecule has 0 spiro atoms. The molecule has 0 aliphatic carbocycles. The van der Waals surface area contributed by atoms with Crippen LogP contribution < -0.4 is 0 Å². The highest BCUT2D eigenvalue weighted by molar-refractivity contribution is 5.78. The third kappa shape index (κ3) is 2.44. The molecule has 0 radical (unpaired) electrons. The van der Waals surface area contributed by atoms with E-state index < -0.39 is 24.6 Å². The minimum Gasteiger partial charge on any atom is -0.457 e. The number of esters is 1. The van der Waals surface area contributed by atoms with E-state index >= 15 is 0 Å². The Bertz CT molecular complexity index is 225. The summed E-state index contributed by atoms with van der Waals surface area (Å²) in [5.74, 6) is -6.57. The van der Waals surface area contributed by atoms with Crippen LogP contribution in [0.15, 0.2) is 12.7 Å². The van der Waals surface area contributed by atoms with Crippen LogP contribution in [0.5, 0.6) is 0 Å². The van der Waals surface area contributed by atoms with Crippen LogP contribution in [-0.4, -0.2) is 31.7 Å². The van der Waals surface area contributed by atoms with Crippen molar-refractivity contribution in [3.05, 3.63) is 12.7 Å². The summed E-state index contributed by atoms with van der Waals surface area (Å²) in [6, 6.07) is 0. The normalized spacial score (nSPS) is 15.8. The van der Waals surface area contributed by atoms with Crippen LogP contribution in [0, 0.1) is 0 Å². The van der Waals surface area contributed by atoms with Crippen molar-refractivity contribution in [2.45, 2.75) is 12.0 Å². The number of hydrogen-bond donors (Lipinski definition) is 0. The third-order valence-corrected chi connectivity index (χ3v) is 1.24. The second kappa shape index (κ2) is 4.41. The van der Waals surface area contributed by atoms with Gasteiger partial charge in [0.1, 0.15) is 6.61 Å². The lowest BCUT2D eigenvalue weighted by atomic mass is 10.3. The second-order valence-electron chi connectivity index (χ2n) is 2.18. The van der Waals surface area contributed by atoms with E-state index in [1.54, 1.807) is 0 Å². The zero-order valence-corrected chi connectivity index (χ0v) is 7.23. The highest BCUT2D eigenvalue weighted by Gasteiger charge is 2.64. The van der Waals surface area contributed by atoms with Gasteiger partial charge in [-0.2, -0.15) is 17.6 Å². The number of carbonyl (C=O) groups excluding carboxylic acids is 1. The Morgan fingerprint density at radius 1 is 1.43 bits per heavy atom. The molecule has 1 unspecified atom stereocenters. The summed E-state index contributed by atoms with van der Waals surface area (Å²) in [5, 5.41) is 0. The smallest absolute Gasteiger partial charge is 0.457 e. The van der Waals surface area contributed by atoms with Gasteiger partial charge >= 0.3 is 18.0 Å². The number of methoxy groups -OCH3 is 1. The zero-order valence-electron chi connectivity index (χ0n) is 7.23. The Balaban J connectivity index is 4.69.